The normalized spacial score (nSPS) is 15.0. The minimum Gasteiger partial charge on any atom is -0.504 e. The SMILES string of the molecule is CC1=Cc2c(cc(O)c(O)c2C(=O)NCc2ccccc2)C(O)(O)C1c1cc2cc(O)c(O)c(C(=O)NCc3ccccc3)c2cc1C. The monoisotopic (exact) mass is 646 g/mol. The molecule has 0 bridgehead atoms. The molecular weight excluding hydrogens is 612 g/mol. The number of hydrogen-bond acceptors (Lipinski definition) is 8. The Morgan fingerprint density at radius 1 is 0.708 bits per heavy atom. The second-order valence-electron chi connectivity index (χ2n) is 12.0. The summed E-state index contributed by atoms with van der Waals surface area (Å²) in [6.07, 6.45) is 1.56. The van der Waals surface area contributed by atoms with E-state index in [1.165, 1.54) is 6.07 Å². The molecule has 0 radical (unpaired) electrons. The zero-order valence-electron chi connectivity index (χ0n) is 26.2. The van der Waals surface area contributed by atoms with Crippen molar-refractivity contribution in [3.63, 3.8) is 0 Å². The summed E-state index contributed by atoms with van der Waals surface area (Å²) in [5.74, 6) is -7.68. The van der Waals surface area contributed by atoms with Crippen LogP contribution in [0.1, 0.15) is 66.9 Å². The molecule has 0 saturated carbocycles. The quantitative estimate of drug-likeness (QED) is 0.0881. The fraction of sp³-hybridized carbons (Fsp3) is 0.158. The van der Waals surface area contributed by atoms with E-state index in [4.69, 9.17) is 0 Å². The van der Waals surface area contributed by atoms with Crippen LogP contribution in [0.25, 0.3) is 16.8 Å². The van der Waals surface area contributed by atoms with Crippen molar-refractivity contribution >= 4 is 28.7 Å². The first-order valence-electron chi connectivity index (χ1n) is 15.2. The molecule has 0 spiro atoms. The van der Waals surface area contributed by atoms with Gasteiger partial charge in [0.2, 0.25) is 5.79 Å². The molecule has 1 aliphatic carbocycles. The van der Waals surface area contributed by atoms with Crippen molar-refractivity contribution in [2.45, 2.75) is 38.6 Å². The lowest BCUT2D eigenvalue weighted by Gasteiger charge is -2.38. The minimum absolute atomic E-state index is 0.0352. The van der Waals surface area contributed by atoms with Gasteiger partial charge in [0, 0.05) is 18.7 Å². The molecule has 8 N–H and O–H groups in total. The summed E-state index contributed by atoms with van der Waals surface area (Å²) in [4.78, 5) is 26.7. The molecule has 5 aromatic carbocycles. The first kappa shape index (κ1) is 32.1. The van der Waals surface area contributed by atoms with Crippen LogP contribution in [0.5, 0.6) is 23.0 Å². The van der Waals surface area contributed by atoms with Crippen LogP contribution in [-0.2, 0) is 18.9 Å². The Morgan fingerprint density at radius 3 is 1.81 bits per heavy atom. The van der Waals surface area contributed by atoms with Crippen molar-refractivity contribution in [1.29, 1.82) is 0 Å². The van der Waals surface area contributed by atoms with Crippen LogP contribution in [0.3, 0.4) is 0 Å². The first-order chi connectivity index (χ1) is 22.9. The molecule has 48 heavy (non-hydrogen) atoms. The lowest BCUT2D eigenvalue weighted by molar-refractivity contribution is -0.182. The number of carbonyl (C=O) groups excluding carboxylic acids is 2. The summed E-state index contributed by atoms with van der Waals surface area (Å²) >= 11 is 0. The summed E-state index contributed by atoms with van der Waals surface area (Å²) in [7, 11) is 0. The molecule has 1 atom stereocenters. The molecule has 0 aliphatic heterocycles. The zero-order chi connectivity index (χ0) is 34.3. The van der Waals surface area contributed by atoms with E-state index in [1.807, 2.05) is 60.7 Å². The number of benzene rings is 5. The number of fused-ring (bicyclic) bond motifs is 2. The Kier molecular flexibility index (Phi) is 8.30. The van der Waals surface area contributed by atoms with Crippen LogP contribution < -0.4 is 10.6 Å². The van der Waals surface area contributed by atoms with Gasteiger partial charge in [0.1, 0.15) is 0 Å². The Balaban J connectivity index is 1.40. The second kappa shape index (κ2) is 12.4. The van der Waals surface area contributed by atoms with Gasteiger partial charge in [-0.3, -0.25) is 9.59 Å². The van der Waals surface area contributed by atoms with E-state index in [0.717, 1.165) is 17.2 Å². The van der Waals surface area contributed by atoms with Gasteiger partial charge in [-0.05, 0) is 70.6 Å². The van der Waals surface area contributed by atoms with Gasteiger partial charge in [-0.25, -0.2) is 0 Å². The van der Waals surface area contributed by atoms with Crippen LogP contribution in [0, 0.1) is 6.92 Å². The molecule has 1 aliphatic rings. The van der Waals surface area contributed by atoms with Crippen LogP contribution >= 0.6 is 0 Å². The predicted molar refractivity (Wildman–Crippen MR) is 180 cm³/mol. The zero-order valence-corrected chi connectivity index (χ0v) is 26.2. The van der Waals surface area contributed by atoms with Gasteiger partial charge in [0.15, 0.2) is 23.0 Å². The number of phenolic OH excluding ortho intramolecular Hbond substituents is 4. The van der Waals surface area contributed by atoms with Gasteiger partial charge < -0.3 is 41.3 Å². The van der Waals surface area contributed by atoms with Crippen molar-refractivity contribution in [2.75, 3.05) is 0 Å². The highest BCUT2D eigenvalue weighted by Gasteiger charge is 2.45. The van der Waals surface area contributed by atoms with Gasteiger partial charge >= 0.3 is 0 Å². The maximum Gasteiger partial charge on any atom is 0.256 e. The number of phenols is 4. The van der Waals surface area contributed by atoms with E-state index in [-0.39, 0.29) is 35.3 Å². The molecule has 5 aromatic rings. The third-order valence-electron chi connectivity index (χ3n) is 8.78. The molecule has 0 saturated heterocycles. The number of nitrogens with one attached hydrogen (secondary N) is 2. The largest absolute Gasteiger partial charge is 0.504 e. The molecule has 0 fully saturated rings. The highest BCUT2D eigenvalue weighted by atomic mass is 16.5. The first-order valence-corrected chi connectivity index (χ1v) is 15.2. The smallest absolute Gasteiger partial charge is 0.256 e. The highest BCUT2D eigenvalue weighted by molar-refractivity contribution is 6.11. The molecular formula is C38H34N2O8. The molecule has 244 valence electrons. The standard InChI is InChI=1S/C38H34N2O8/c1-20-13-26-24(16-29(41)34(43)31(26)36(45)39-18-22-9-5-3-6-10-22)15-25(20)33-21(2)14-27-28(38(33,47)48)17-30(42)35(44)32(27)37(46)40-19-23-11-7-4-8-12-23/h3-17,33,41-44,47-48H,18-19H2,1-2H3,(H,39,45)(H,40,46). The average molecular weight is 647 g/mol. The highest BCUT2D eigenvalue weighted by Crippen LogP contribution is 2.51. The van der Waals surface area contributed by atoms with Gasteiger partial charge in [0.25, 0.3) is 11.8 Å². The van der Waals surface area contributed by atoms with Crippen LogP contribution in [0.15, 0.2) is 90.5 Å². The summed E-state index contributed by atoms with van der Waals surface area (Å²) in [6.45, 7) is 3.67. The Morgan fingerprint density at radius 2 is 1.23 bits per heavy atom. The molecule has 0 heterocycles. The van der Waals surface area contributed by atoms with E-state index in [9.17, 15) is 40.2 Å². The van der Waals surface area contributed by atoms with Crippen molar-refractivity contribution in [3.8, 4) is 23.0 Å². The Hall–Kier alpha value is -5.84. The Bertz CT molecular complexity index is 2110. The topological polar surface area (TPSA) is 180 Å². The lowest BCUT2D eigenvalue weighted by atomic mass is 9.72. The number of rotatable bonds is 7. The number of aromatic hydroxyl groups is 4. The van der Waals surface area contributed by atoms with Crippen LogP contribution in [0.4, 0.5) is 0 Å². The summed E-state index contributed by atoms with van der Waals surface area (Å²) in [5, 5.41) is 72.5. The summed E-state index contributed by atoms with van der Waals surface area (Å²) < 4.78 is 0. The molecule has 2 amide bonds. The maximum atomic E-state index is 13.4. The minimum atomic E-state index is -2.68. The van der Waals surface area contributed by atoms with Gasteiger partial charge in [-0.15, -0.1) is 0 Å². The van der Waals surface area contributed by atoms with E-state index >= 15 is 0 Å². The van der Waals surface area contributed by atoms with Gasteiger partial charge in [0.05, 0.1) is 17.0 Å². The summed E-state index contributed by atoms with van der Waals surface area (Å²) in [5.41, 5.74) is 2.38. The van der Waals surface area contributed by atoms with E-state index < -0.39 is 46.5 Å². The number of aliphatic hydroxyl groups is 2. The molecule has 0 aromatic heterocycles. The number of aryl methyl sites for hydroxylation is 1. The molecule has 1 unspecified atom stereocenters. The maximum absolute atomic E-state index is 13.4. The number of carbonyl (C=O) groups is 2. The lowest BCUT2D eigenvalue weighted by Crippen LogP contribution is -2.38. The molecule has 6 rings (SSSR count). The van der Waals surface area contributed by atoms with Gasteiger partial charge in [-0.1, -0.05) is 78.4 Å². The van der Waals surface area contributed by atoms with Gasteiger partial charge in [-0.2, -0.15) is 0 Å². The third-order valence-corrected chi connectivity index (χ3v) is 8.78. The van der Waals surface area contributed by atoms with E-state index in [2.05, 4.69) is 10.6 Å². The van der Waals surface area contributed by atoms with Crippen molar-refractivity contribution in [2.24, 2.45) is 0 Å². The average Bonchev–Trinajstić information content (AvgIpc) is 3.06. The van der Waals surface area contributed by atoms with Crippen molar-refractivity contribution in [3.05, 3.63) is 135 Å². The number of amides is 2. The molecule has 10 nitrogen and oxygen atoms in total. The number of hydrogen-bond donors (Lipinski definition) is 8. The Labute approximate surface area is 275 Å². The summed E-state index contributed by atoms with van der Waals surface area (Å²) in [6, 6.07) is 23.8. The van der Waals surface area contributed by atoms with Crippen molar-refractivity contribution in [1.82, 2.24) is 10.6 Å². The molecule has 10 heteroatoms. The predicted octanol–water partition coefficient (Wildman–Crippen LogP) is 5.17. The van der Waals surface area contributed by atoms with E-state index in [0.29, 0.717) is 27.5 Å². The third kappa shape index (κ3) is 5.68. The van der Waals surface area contributed by atoms with Crippen LogP contribution in [0.2, 0.25) is 0 Å². The van der Waals surface area contributed by atoms with Crippen LogP contribution in [-0.4, -0.2) is 42.5 Å². The fourth-order valence-corrected chi connectivity index (χ4v) is 6.43. The second-order valence-corrected chi connectivity index (χ2v) is 12.0. The fourth-order valence-electron chi connectivity index (χ4n) is 6.43. The van der Waals surface area contributed by atoms with Crippen molar-refractivity contribution < 1.29 is 40.2 Å². The van der Waals surface area contributed by atoms with E-state index in [1.54, 1.807) is 32.1 Å².